The maximum Gasteiger partial charge on any atom is 0.242 e. The van der Waals surface area contributed by atoms with Crippen molar-refractivity contribution in [3.05, 3.63) is 27.7 Å². The summed E-state index contributed by atoms with van der Waals surface area (Å²) in [7, 11) is -3.69. The highest BCUT2D eigenvalue weighted by Gasteiger charge is 2.32. The van der Waals surface area contributed by atoms with Crippen LogP contribution in [0.4, 0.5) is 0 Å². The zero-order chi connectivity index (χ0) is 14.7. The molecule has 3 nitrogen and oxygen atoms in total. The summed E-state index contributed by atoms with van der Waals surface area (Å²) in [5, 5.41) is 0.178. The van der Waals surface area contributed by atoms with Crippen LogP contribution < -0.4 is 4.72 Å². The summed E-state index contributed by atoms with van der Waals surface area (Å²) in [6.07, 6.45) is 1.22. The first-order valence-electron chi connectivity index (χ1n) is 5.85. The Labute approximate surface area is 132 Å². The van der Waals surface area contributed by atoms with Crippen LogP contribution in [0.25, 0.3) is 0 Å². The van der Waals surface area contributed by atoms with Crippen molar-refractivity contribution in [2.75, 3.05) is 5.88 Å². The van der Waals surface area contributed by atoms with Gasteiger partial charge in [-0.25, -0.2) is 13.1 Å². The predicted molar refractivity (Wildman–Crippen MR) is 83.5 cm³/mol. The summed E-state index contributed by atoms with van der Waals surface area (Å²) in [5.41, 5.74) is -0.642. The number of alkyl halides is 1. The van der Waals surface area contributed by atoms with E-state index in [0.29, 0.717) is 12.8 Å². The lowest BCUT2D eigenvalue weighted by molar-refractivity contribution is 0.394. The fraction of sp³-hybridized carbons (Fsp3) is 0.500. The van der Waals surface area contributed by atoms with Gasteiger partial charge in [0.05, 0.1) is 5.02 Å². The standard InChI is InChI=1S/C12H16BrCl2NO2S/c1-3-12(4-2,8-14)16-19(17,18)11-6-5-9(13)7-10(11)15/h5-7,16H,3-4,8H2,1-2H3. The van der Waals surface area contributed by atoms with Gasteiger partial charge in [0.25, 0.3) is 0 Å². The van der Waals surface area contributed by atoms with Gasteiger partial charge < -0.3 is 0 Å². The van der Waals surface area contributed by atoms with Crippen molar-refractivity contribution in [3.8, 4) is 0 Å². The molecule has 7 heteroatoms. The molecule has 0 radical (unpaired) electrons. The van der Waals surface area contributed by atoms with Crippen molar-refractivity contribution in [1.82, 2.24) is 4.72 Å². The molecule has 19 heavy (non-hydrogen) atoms. The molecular formula is C12H16BrCl2NO2S. The minimum absolute atomic E-state index is 0.0637. The van der Waals surface area contributed by atoms with Crippen LogP contribution in [0.2, 0.25) is 5.02 Å². The number of nitrogens with one attached hydrogen (secondary N) is 1. The molecule has 0 saturated carbocycles. The van der Waals surface area contributed by atoms with Crippen LogP contribution in [0.1, 0.15) is 26.7 Å². The summed E-state index contributed by atoms with van der Waals surface area (Å²) in [6.45, 7) is 3.80. The molecule has 0 saturated heterocycles. The highest BCUT2D eigenvalue weighted by atomic mass is 79.9. The van der Waals surface area contributed by atoms with E-state index < -0.39 is 15.6 Å². The van der Waals surface area contributed by atoms with E-state index in [4.69, 9.17) is 23.2 Å². The van der Waals surface area contributed by atoms with Crippen LogP contribution in [0.15, 0.2) is 27.6 Å². The number of halogens is 3. The van der Waals surface area contributed by atoms with E-state index in [2.05, 4.69) is 20.7 Å². The summed E-state index contributed by atoms with van der Waals surface area (Å²) in [6, 6.07) is 4.66. The van der Waals surface area contributed by atoms with Crippen LogP contribution in [0, 0.1) is 0 Å². The van der Waals surface area contributed by atoms with Crippen molar-refractivity contribution in [1.29, 1.82) is 0 Å². The van der Waals surface area contributed by atoms with Gasteiger partial charge in [-0.05, 0) is 31.0 Å². The molecule has 0 unspecified atom stereocenters. The number of sulfonamides is 1. The largest absolute Gasteiger partial charge is 0.242 e. The lowest BCUT2D eigenvalue weighted by Crippen LogP contribution is -2.49. The quantitative estimate of drug-likeness (QED) is 0.743. The van der Waals surface area contributed by atoms with Crippen LogP contribution >= 0.6 is 39.1 Å². The van der Waals surface area contributed by atoms with Crippen molar-refractivity contribution in [2.24, 2.45) is 0 Å². The van der Waals surface area contributed by atoms with Crippen molar-refractivity contribution in [2.45, 2.75) is 37.1 Å². The first-order valence-corrected chi connectivity index (χ1v) is 9.04. The smallest absolute Gasteiger partial charge is 0.207 e. The Morgan fingerprint density at radius 3 is 2.32 bits per heavy atom. The summed E-state index contributed by atoms with van der Waals surface area (Å²) in [4.78, 5) is 0.0637. The molecule has 1 N–H and O–H groups in total. The van der Waals surface area contributed by atoms with Gasteiger partial charge in [-0.15, -0.1) is 11.6 Å². The van der Waals surface area contributed by atoms with Gasteiger partial charge >= 0.3 is 0 Å². The number of rotatable bonds is 6. The Balaban J connectivity index is 3.17. The van der Waals surface area contributed by atoms with Gasteiger partial charge in [0, 0.05) is 15.9 Å². The zero-order valence-electron chi connectivity index (χ0n) is 10.7. The molecule has 0 bridgehead atoms. The third kappa shape index (κ3) is 4.08. The first kappa shape index (κ1) is 17.2. The van der Waals surface area contributed by atoms with Crippen LogP contribution in [0.5, 0.6) is 0 Å². The van der Waals surface area contributed by atoms with E-state index in [1.165, 1.54) is 6.07 Å². The van der Waals surface area contributed by atoms with Crippen molar-refractivity contribution in [3.63, 3.8) is 0 Å². The van der Waals surface area contributed by atoms with Crippen LogP contribution in [-0.2, 0) is 10.0 Å². The monoisotopic (exact) mass is 387 g/mol. The topological polar surface area (TPSA) is 46.2 Å². The molecule has 0 spiro atoms. The molecule has 1 aromatic carbocycles. The average Bonchev–Trinajstić information content (AvgIpc) is 2.35. The Kier molecular flexibility index (Phi) is 6.14. The minimum Gasteiger partial charge on any atom is -0.207 e. The fourth-order valence-electron chi connectivity index (χ4n) is 1.64. The van der Waals surface area contributed by atoms with E-state index in [1.54, 1.807) is 12.1 Å². The second kappa shape index (κ2) is 6.76. The van der Waals surface area contributed by atoms with Gasteiger partial charge in [-0.2, -0.15) is 0 Å². The van der Waals surface area contributed by atoms with Gasteiger partial charge in [-0.3, -0.25) is 0 Å². The molecule has 1 rings (SSSR count). The third-order valence-corrected chi connectivity index (χ3v) is 6.21. The molecular weight excluding hydrogens is 373 g/mol. The molecule has 0 amide bonds. The second-order valence-corrected chi connectivity index (χ2v) is 7.54. The highest BCUT2D eigenvalue weighted by molar-refractivity contribution is 9.10. The lowest BCUT2D eigenvalue weighted by Gasteiger charge is -2.30. The molecule has 108 valence electrons. The maximum absolute atomic E-state index is 12.4. The molecule has 0 aliphatic rings. The summed E-state index contributed by atoms with van der Waals surface area (Å²) < 4.78 is 28.2. The second-order valence-electron chi connectivity index (χ2n) is 4.30. The Morgan fingerprint density at radius 1 is 1.32 bits per heavy atom. The minimum atomic E-state index is -3.69. The third-order valence-electron chi connectivity index (χ3n) is 3.14. The maximum atomic E-state index is 12.4. The van der Waals surface area contributed by atoms with Gasteiger partial charge in [-0.1, -0.05) is 41.4 Å². The summed E-state index contributed by atoms with van der Waals surface area (Å²) in [5.74, 6) is 0.216. The van der Waals surface area contributed by atoms with E-state index in [-0.39, 0.29) is 15.8 Å². The molecule has 0 aliphatic carbocycles. The Bertz CT molecular complexity index is 536. The molecule has 0 aliphatic heterocycles. The first-order chi connectivity index (χ1) is 8.80. The zero-order valence-corrected chi connectivity index (χ0v) is 14.6. The van der Waals surface area contributed by atoms with Crippen LogP contribution in [-0.4, -0.2) is 19.8 Å². The summed E-state index contributed by atoms with van der Waals surface area (Å²) >= 11 is 15.2. The van der Waals surface area contributed by atoms with Gasteiger partial charge in [0.1, 0.15) is 4.90 Å². The Morgan fingerprint density at radius 2 is 1.89 bits per heavy atom. The van der Waals surface area contributed by atoms with E-state index >= 15 is 0 Å². The molecule has 0 atom stereocenters. The van der Waals surface area contributed by atoms with E-state index in [9.17, 15) is 8.42 Å². The normalized spacial score (nSPS) is 12.7. The predicted octanol–water partition coefficient (Wildman–Crippen LogP) is 4.18. The van der Waals surface area contributed by atoms with E-state index in [0.717, 1.165) is 4.47 Å². The molecule has 0 fully saturated rings. The van der Waals surface area contributed by atoms with Gasteiger partial charge in [0.2, 0.25) is 10.0 Å². The molecule has 0 aromatic heterocycles. The van der Waals surface area contributed by atoms with Gasteiger partial charge in [0.15, 0.2) is 0 Å². The fourth-order valence-corrected chi connectivity index (χ4v) is 4.75. The van der Waals surface area contributed by atoms with Crippen molar-refractivity contribution < 1.29 is 8.42 Å². The number of hydrogen-bond acceptors (Lipinski definition) is 2. The lowest BCUT2D eigenvalue weighted by atomic mass is 9.97. The average molecular weight is 389 g/mol. The SMILES string of the molecule is CCC(CC)(CCl)NS(=O)(=O)c1ccc(Br)cc1Cl. The number of benzene rings is 1. The number of hydrogen-bond donors (Lipinski definition) is 1. The van der Waals surface area contributed by atoms with E-state index in [1.807, 2.05) is 13.8 Å². The van der Waals surface area contributed by atoms with Crippen molar-refractivity contribution >= 4 is 49.2 Å². The molecule has 1 aromatic rings. The Hall–Kier alpha value is 0.190. The highest BCUT2D eigenvalue weighted by Crippen LogP contribution is 2.27. The van der Waals surface area contributed by atoms with Crippen LogP contribution in [0.3, 0.4) is 0 Å². The molecule has 0 heterocycles.